The van der Waals surface area contributed by atoms with Crippen LogP contribution in [0.5, 0.6) is 11.5 Å². The van der Waals surface area contributed by atoms with E-state index in [0.717, 1.165) is 16.9 Å². The average molecular weight is 317 g/mol. The quantitative estimate of drug-likeness (QED) is 0.787. The van der Waals surface area contributed by atoms with Crippen molar-refractivity contribution in [2.24, 2.45) is 0 Å². The molecule has 0 aliphatic rings. The van der Waals surface area contributed by atoms with Crippen LogP contribution in [0.25, 0.3) is 0 Å². The van der Waals surface area contributed by atoms with Crippen LogP contribution in [0, 0.1) is 6.92 Å². The van der Waals surface area contributed by atoms with Gasteiger partial charge in [0.15, 0.2) is 11.5 Å². The summed E-state index contributed by atoms with van der Waals surface area (Å²) in [6.07, 6.45) is 2.66. The minimum Gasteiger partial charge on any atom is -0.493 e. The van der Waals surface area contributed by atoms with Crippen LogP contribution in [-0.4, -0.2) is 32.1 Å². The summed E-state index contributed by atoms with van der Waals surface area (Å²) in [5.74, 6) is 2.27. The highest BCUT2D eigenvalue weighted by Crippen LogP contribution is 2.30. The smallest absolute Gasteiger partial charge is 0.223 e. The van der Waals surface area contributed by atoms with Crippen molar-refractivity contribution < 1.29 is 18.7 Å². The van der Waals surface area contributed by atoms with Gasteiger partial charge in [-0.05, 0) is 42.3 Å². The Morgan fingerprint density at radius 3 is 2.52 bits per heavy atom. The van der Waals surface area contributed by atoms with Gasteiger partial charge in [0.2, 0.25) is 5.91 Å². The second-order valence-electron chi connectivity index (χ2n) is 5.46. The zero-order valence-electron chi connectivity index (χ0n) is 14.1. The fourth-order valence-electron chi connectivity index (χ4n) is 2.41. The molecule has 2 aromatic rings. The normalized spacial score (nSPS) is 10.4. The number of hydrogen-bond donors (Lipinski definition) is 0. The molecule has 5 nitrogen and oxygen atoms in total. The van der Waals surface area contributed by atoms with Gasteiger partial charge in [0.05, 0.1) is 20.5 Å². The summed E-state index contributed by atoms with van der Waals surface area (Å²) < 4.78 is 15.9. The van der Waals surface area contributed by atoms with Gasteiger partial charge in [-0.2, -0.15) is 0 Å². The lowest BCUT2D eigenvalue weighted by atomic mass is 10.1. The summed E-state index contributed by atoms with van der Waals surface area (Å²) in [6.45, 7) is 2.53. The monoisotopic (exact) mass is 317 g/mol. The number of hydrogen-bond acceptors (Lipinski definition) is 4. The van der Waals surface area contributed by atoms with E-state index in [1.807, 2.05) is 31.2 Å². The van der Waals surface area contributed by atoms with Gasteiger partial charge in [-0.15, -0.1) is 0 Å². The molecule has 0 fully saturated rings. The highest BCUT2D eigenvalue weighted by atomic mass is 16.5. The Kier molecular flexibility index (Phi) is 5.68. The summed E-state index contributed by atoms with van der Waals surface area (Å²) in [4.78, 5) is 14.0. The van der Waals surface area contributed by atoms with Crippen LogP contribution < -0.4 is 9.47 Å². The van der Waals surface area contributed by atoms with E-state index in [1.165, 1.54) is 0 Å². The highest BCUT2D eigenvalue weighted by molar-refractivity contribution is 5.76. The largest absolute Gasteiger partial charge is 0.493 e. The minimum absolute atomic E-state index is 0.0792. The lowest BCUT2D eigenvalue weighted by molar-refractivity contribution is -0.130. The van der Waals surface area contributed by atoms with Crippen LogP contribution in [0.4, 0.5) is 0 Å². The Morgan fingerprint density at radius 1 is 1.22 bits per heavy atom. The first kappa shape index (κ1) is 16.9. The van der Waals surface area contributed by atoms with Crippen molar-refractivity contribution in [2.75, 3.05) is 21.3 Å². The van der Waals surface area contributed by atoms with Crippen LogP contribution in [-0.2, 0) is 17.8 Å². The summed E-state index contributed by atoms with van der Waals surface area (Å²) in [7, 11) is 5.02. The molecule has 0 saturated carbocycles. The molecule has 124 valence electrons. The third-order valence-corrected chi connectivity index (χ3v) is 3.84. The van der Waals surface area contributed by atoms with Gasteiger partial charge >= 0.3 is 0 Å². The molecular weight excluding hydrogens is 294 g/mol. The molecule has 0 bridgehead atoms. The van der Waals surface area contributed by atoms with Gasteiger partial charge in [0, 0.05) is 26.4 Å². The molecule has 1 heterocycles. The van der Waals surface area contributed by atoms with E-state index in [0.29, 0.717) is 30.9 Å². The second-order valence-corrected chi connectivity index (χ2v) is 5.46. The van der Waals surface area contributed by atoms with Crippen LogP contribution in [0.3, 0.4) is 0 Å². The number of aryl methyl sites for hydroxylation is 2. The molecule has 0 aliphatic heterocycles. The molecular formula is C18H23NO4. The standard InChI is InChI=1S/C18H23NO4/c1-13-10-16(21-3)17(22-4)11-14(13)12-19(2)18(20)8-7-15-6-5-9-23-15/h5-6,9-11H,7-8,12H2,1-4H3. The molecule has 2 rings (SSSR count). The molecule has 0 unspecified atom stereocenters. The number of ether oxygens (including phenoxy) is 2. The Hall–Kier alpha value is -2.43. The molecule has 0 spiro atoms. The van der Waals surface area contributed by atoms with Gasteiger partial charge in [-0.1, -0.05) is 0 Å². The zero-order valence-corrected chi connectivity index (χ0v) is 14.1. The Bertz CT molecular complexity index is 649. The van der Waals surface area contributed by atoms with Crippen molar-refractivity contribution in [3.05, 3.63) is 47.4 Å². The van der Waals surface area contributed by atoms with Crippen molar-refractivity contribution in [1.82, 2.24) is 4.90 Å². The van der Waals surface area contributed by atoms with Crippen molar-refractivity contribution in [2.45, 2.75) is 26.3 Å². The highest BCUT2D eigenvalue weighted by Gasteiger charge is 2.14. The number of amides is 1. The molecule has 0 saturated heterocycles. The van der Waals surface area contributed by atoms with E-state index in [4.69, 9.17) is 13.9 Å². The molecule has 23 heavy (non-hydrogen) atoms. The number of nitrogens with zero attached hydrogens (tertiary/aromatic N) is 1. The van der Waals surface area contributed by atoms with E-state index in [1.54, 1.807) is 32.4 Å². The first-order valence-corrected chi connectivity index (χ1v) is 7.53. The van der Waals surface area contributed by atoms with E-state index < -0.39 is 0 Å². The van der Waals surface area contributed by atoms with Crippen LogP contribution in [0.2, 0.25) is 0 Å². The van der Waals surface area contributed by atoms with Crippen molar-refractivity contribution >= 4 is 5.91 Å². The predicted molar refractivity (Wildman–Crippen MR) is 87.8 cm³/mol. The molecule has 0 radical (unpaired) electrons. The van der Waals surface area contributed by atoms with E-state index in [2.05, 4.69) is 0 Å². The number of furan rings is 1. The summed E-state index contributed by atoms with van der Waals surface area (Å²) in [5.41, 5.74) is 2.10. The van der Waals surface area contributed by atoms with Crippen molar-refractivity contribution in [1.29, 1.82) is 0 Å². The van der Waals surface area contributed by atoms with Crippen LogP contribution in [0.15, 0.2) is 34.9 Å². The van der Waals surface area contributed by atoms with Gasteiger partial charge in [0.25, 0.3) is 0 Å². The predicted octanol–water partition coefficient (Wildman–Crippen LogP) is 3.20. The summed E-state index contributed by atoms with van der Waals surface area (Å²) in [6, 6.07) is 7.56. The maximum Gasteiger partial charge on any atom is 0.223 e. The lowest BCUT2D eigenvalue weighted by Crippen LogP contribution is -2.26. The van der Waals surface area contributed by atoms with Crippen molar-refractivity contribution in [3.63, 3.8) is 0 Å². The van der Waals surface area contributed by atoms with Crippen molar-refractivity contribution in [3.8, 4) is 11.5 Å². The molecule has 1 amide bonds. The van der Waals surface area contributed by atoms with Gasteiger partial charge in [-0.3, -0.25) is 4.79 Å². The third kappa shape index (κ3) is 4.28. The third-order valence-electron chi connectivity index (χ3n) is 3.84. The number of carbonyl (C=O) groups is 1. The number of methoxy groups -OCH3 is 2. The minimum atomic E-state index is 0.0792. The maximum absolute atomic E-state index is 12.3. The van der Waals surface area contributed by atoms with E-state index >= 15 is 0 Å². The molecule has 0 aliphatic carbocycles. The molecule has 1 aromatic heterocycles. The molecule has 0 N–H and O–H groups in total. The zero-order chi connectivity index (χ0) is 16.8. The fourth-order valence-corrected chi connectivity index (χ4v) is 2.41. The van der Waals surface area contributed by atoms with Crippen LogP contribution in [0.1, 0.15) is 23.3 Å². The Balaban J connectivity index is 2.01. The van der Waals surface area contributed by atoms with Gasteiger partial charge < -0.3 is 18.8 Å². The number of benzene rings is 1. The Morgan fingerprint density at radius 2 is 1.91 bits per heavy atom. The summed E-state index contributed by atoms with van der Waals surface area (Å²) >= 11 is 0. The topological polar surface area (TPSA) is 51.9 Å². The fraction of sp³-hybridized carbons (Fsp3) is 0.389. The molecule has 0 atom stereocenters. The first-order chi connectivity index (χ1) is 11.0. The van der Waals surface area contributed by atoms with Gasteiger partial charge in [0.1, 0.15) is 5.76 Å². The second kappa shape index (κ2) is 7.72. The van der Waals surface area contributed by atoms with E-state index in [-0.39, 0.29) is 5.91 Å². The number of carbonyl (C=O) groups excluding carboxylic acids is 1. The molecule has 1 aromatic carbocycles. The maximum atomic E-state index is 12.3. The average Bonchev–Trinajstić information content (AvgIpc) is 3.07. The summed E-state index contributed by atoms with van der Waals surface area (Å²) in [5, 5.41) is 0. The number of rotatable bonds is 7. The van der Waals surface area contributed by atoms with Gasteiger partial charge in [-0.25, -0.2) is 0 Å². The SMILES string of the molecule is COc1cc(C)c(CN(C)C(=O)CCc2ccco2)cc1OC. The lowest BCUT2D eigenvalue weighted by Gasteiger charge is -2.20. The van der Waals surface area contributed by atoms with E-state index in [9.17, 15) is 4.79 Å². The molecule has 5 heteroatoms. The first-order valence-electron chi connectivity index (χ1n) is 7.53. The van der Waals surface area contributed by atoms with Crippen LogP contribution >= 0.6 is 0 Å². The Labute approximate surface area is 136 Å².